The van der Waals surface area contributed by atoms with Crippen molar-refractivity contribution in [3.05, 3.63) is 95.2 Å². The van der Waals surface area contributed by atoms with Crippen LogP contribution in [-0.2, 0) is 0 Å². The van der Waals surface area contributed by atoms with Crippen LogP contribution in [0.4, 0.5) is 0 Å². The number of hydrogen-bond donors (Lipinski definition) is 2. The first-order valence-electron chi connectivity index (χ1n) is 9.24. The fraction of sp³-hybridized carbons (Fsp3) is 0.125. The van der Waals surface area contributed by atoms with Crippen LogP contribution >= 0.6 is 0 Å². The molecule has 0 saturated heterocycles. The molecule has 5 heteroatoms. The summed E-state index contributed by atoms with van der Waals surface area (Å²) in [5.41, 5.74) is 3.68. The summed E-state index contributed by atoms with van der Waals surface area (Å²) in [7, 11) is 3.25. The smallest absolute Gasteiger partial charge is 0.352 e. The Morgan fingerprint density at radius 2 is 1.34 bits per heavy atom. The van der Waals surface area contributed by atoms with Gasteiger partial charge < -0.3 is 19.6 Å². The summed E-state index contributed by atoms with van der Waals surface area (Å²) in [5.74, 6) is 0.247. The van der Waals surface area contributed by atoms with Crippen molar-refractivity contribution in [2.75, 3.05) is 14.2 Å². The van der Waals surface area contributed by atoms with Crippen molar-refractivity contribution >= 4 is 16.9 Å². The molecule has 0 bridgehead atoms. The van der Waals surface area contributed by atoms with Crippen LogP contribution in [0.3, 0.4) is 0 Å². The molecule has 0 aliphatic rings. The molecule has 29 heavy (non-hydrogen) atoms. The molecule has 0 amide bonds. The Bertz CT molecular complexity index is 1100. The van der Waals surface area contributed by atoms with Crippen LogP contribution in [0.1, 0.15) is 33.1 Å². The van der Waals surface area contributed by atoms with Crippen molar-refractivity contribution in [3.8, 4) is 11.5 Å². The van der Waals surface area contributed by atoms with E-state index in [2.05, 4.69) is 4.98 Å². The predicted octanol–water partition coefficient (Wildman–Crippen LogP) is 5.06. The van der Waals surface area contributed by atoms with Gasteiger partial charge in [-0.3, -0.25) is 0 Å². The summed E-state index contributed by atoms with van der Waals surface area (Å²) in [4.78, 5) is 15.2. The number of hydrogen-bond acceptors (Lipinski definition) is 3. The quantitative estimate of drug-likeness (QED) is 0.485. The fourth-order valence-electron chi connectivity index (χ4n) is 3.75. The summed E-state index contributed by atoms with van der Waals surface area (Å²) in [6, 6.07) is 23.1. The molecular formula is C24H21NO4. The highest BCUT2D eigenvalue weighted by Gasteiger charge is 2.27. The highest BCUT2D eigenvalue weighted by molar-refractivity contribution is 5.98. The van der Waals surface area contributed by atoms with E-state index in [4.69, 9.17) is 9.47 Å². The summed E-state index contributed by atoms with van der Waals surface area (Å²) >= 11 is 0. The Morgan fingerprint density at radius 1 is 0.828 bits per heavy atom. The molecule has 1 aromatic heterocycles. The molecule has 0 spiro atoms. The molecule has 0 radical (unpaired) electrons. The third-order valence-corrected chi connectivity index (χ3v) is 5.15. The molecule has 0 saturated carbocycles. The lowest BCUT2D eigenvalue weighted by molar-refractivity contribution is 0.0690. The number of rotatable bonds is 6. The highest BCUT2D eigenvalue weighted by Crippen LogP contribution is 2.39. The maximum Gasteiger partial charge on any atom is 0.352 e. The number of ether oxygens (including phenoxy) is 2. The lowest BCUT2D eigenvalue weighted by Crippen LogP contribution is -2.09. The number of nitrogens with one attached hydrogen (secondary N) is 1. The number of aromatic nitrogens is 1. The second-order valence-corrected chi connectivity index (χ2v) is 6.74. The first-order valence-corrected chi connectivity index (χ1v) is 9.24. The number of fused-ring (bicyclic) bond motifs is 1. The molecule has 0 aliphatic carbocycles. The van der Waals surface area contributed by atoms with E-state index >= 15 is 0 Å². The van der Waals surface area contributed by atoms with Gasteiger partial charge in [-0.05, 0) is 41.5 Å². The normalized spacial score (nSPS) is 11.0. The van der Waals surface area contributed by atoms with Crippen LogP contribution in [0.15, 0.2) is 72.8 Å². The number of methoxy groups -OCH3 is 2. The highest BCUT2D eigenvalue weighted by atomic mass is 16.5. The average Bonchev–Trinajstić information content (AvgIpc) is 3.15. The monoisotopic (exact) mass is 387 g/mol. The van der Waals surface area contributed by atoms with Gasteiger partial charge in [0.1, 0.15) is 17.2 Å². The molecule has 0 atom stereocenters. The summed E-state index contributed by atoms with van der Waals surface area (Å²) in [6.07, 6.45) is 0. The maximum absolute atomic E-state index is 12.1. The second-order valence-electron chi connectivity index (χ2n) is 6.74. The number of para-hydroxylation sites is 1. The molecule has 2 N–H and O–H groups in total. The van der Waals surface area contributed by atoms with E-state index in [1.807, 2.05) is 72.8 Å². The van der Waals surface area contributed by atoms with Gasteiger partial charge >= 0.3 is 5.97 Å². The van der Waals surface area contributed by atoms with E-state index in [9.17, 15) is 9.90 Å². The number of carboxylic acid groups (broad SMARTS) is 1. The Kier molecular flexibility index (Phi) is 4.96. The zero-order chi connectivity index (χ0) is 20.4. The zero-order valence-corrected chi connectivity index (χ0v) is 16.2. The topological polar surface area (TPSA) is 71.6 Å². The first kappa shape index (κ1) is 18.6. The van der Waals surface area contributed by atoms with E-state index in [1.54, 1.807) is 14.2 Å². The maximum atomic E-state index is 12.1. The summed E-state index contributed by atoms with van der Waals surface area (Å²) in [6.45, 7) is 0. The molecule has 4 rings (SSSR count). The number of aromatic carboxylic acids is 1. The van der Waals surface area contributed by atoms with Crippen LogP contribution in [0.5, 0.6) is 11.5 Å². The predicted molar refractivity (Wildman–Crippen MR) is 112 cm³/mol. The van der Waals surface area contributed by atoms with Gasteiger partial charge in [-0.15, -0.1) is 0 Å². The molecule has 0 unspecified atom stereocenters. The Hall–Kier alpha value is -3.73. The van der Waals surface area contributed by atoms with Gasteiger partial charge in [-0.25, -0.2) is 4.79 Å². The Balaban J connectivity index is 1.98. The summed E-state index contributed by atoms with van der Waals surface area (Å²) < 4.78 is 10.6. The number of carboxylic acids is 1. The lowest BCUT2D eigenvalue weighted by atomic mass is 9.83. The van der Waals surface area contributed by atoms with Crippen molar-refractivity contribution < 1.29 is 19.4 Å². The number of H-pyrrole nitrogens is 1. The largest absolute Gasteiger partial charge is 0.497 e. The Labute approximate surface area is 168 Å². The van der Waals surface area contributed by atoms with Gasteiger partial charge in [0.2, 0.25) is 0 Å². The van der Waals surface area contributed by atoms with E-state index in [-0.39, 0.29) is 11.6 Å². The van der Waals surface area contributed by atoms with E-state index < -0.39 is 5.97 Å². The molecule has 146 valence electrons. The van der Waals surface area contributed by atoms with Crippen molar-refractivity contribution in [1.82, 2.24) is 4.98 Å². The van der Waals surface area contributed by atoms with Crippen LogP contribution in [0, 0.1) is 0 Å². The number of aromatic amines is 1. The van der Waals surface area contributed by atoms with E-state index in [0.717, 1.165) is 39.1 Å². The van der Waals surface area contributed by atoms with Crippen LogP contribution in [-0.4, -0.2) is 30.3 Å². The average molecular weight is 387 g/mol. The van der Waals surface area contributed by atoms with Crippen molar-refractivity contribution in [2.45, 2.75) is 5.92 Å². The molecule has 0 aliphatic heterocycles. The summed E-state index contributed by atoms with van der Waals surface area (Å²) in [5, 5.41) is 10.8. The van der Waals surface area contributed by atoms with Crippen LogP contribution < -0.4 is 9.47 Å². The zero-order valence-electron chi connectivity index (χ0n) is 16.2. The second kappa shape index (κ2) is 7.72. The van der Waals surface area contributed by atoms with Crippen LogP contribution in [0.25, 0.3) is 10.9 Å². The minimum absolute atomic E-state index is 0.197. The Morgan fingerprint density at radius 3 is 1.83 bits per heavy atom. The van der Waals surface area contributed by atoms with Crippen LogP contribution in [0.2, 0.25) is 0 Å². The third kappa shape index (κ3) is 3.43. The number of carbonyl (C=O) groups is 1. The molecular weight excluding hydrogens is 366 g/mol. The lowest BCUT2D eigenvalue weighted by Gasteiger charge is -2.20. The standard InChI is InChI=1S/C24H21NO4/c1-28-17-11-7-15(8-12-17)21(16-9-13-18(29-2)14-10-16)22-19-5-3-4-6-20(19)25-23(22)24(26)27/h3-14,21,25H,1-2H3,(H,26,27). The van der Waals surface area contributed by atoms with Crippen molar-refractivity contribution in [3.63, 3.8) is 0 Å². The van der Waals surface area contributed by atoms with Gasteiger partial charge in [0, 0.05) is 22.4 Å². The van der Waals surface area contributed by atoms with Gasteiger partial charge in [0.25, 0.3) is 0 Å². The van der Waals surface area contributed by atoms with E-state index in [1.165, 1.54) is 0 Å². The van der Waals surface area contributed by atoms with Crippen molar-refractivity contribution in [1.29, 1.82) is 0 Å². The molecule has 4 aromatic rings. The first-order chi connectivity index (χ1) is 14.1. The van der Waals surface area contributed by atoms with E-state index in [0.29, 0.717) is 0 Å². The molecule has 3 aromatic carbocycles. The third-order valence-electron chi connectivity index (χ3n) is 5.15. The molecule has 1 heterocycles. The van der Waals surface area contributed by atoms with Crippen molar-refractivity contribution in [2.24, 2.45) is 0 Å². The van der Waals surface area contributed by atoms with Gasteiger partial charge in [0.05, 0.1) is 14.2 Å². The minimum Gasteiger partial charge on any atom is -0.497 e. The molecule has 0 fully saturated rings. The minimum atomic E-state index is -0.983. The SMILES string of the molecule is COc1ccc(C(c2ccc(OC)cc2)c2c(C(=O)O)[nH]c3ccccc23)cc1. The molecule has 5 nitrogen and oxygen atoms in total. The van der Waals surface area contributed by atoms with Gasteiger partial charge in [-0.2, -0.15) is 0 Å². The van der Waals surface area contributed by atoms with Gasteiger partial charge in [-0.1, -0.05) is 42.5 Å². The fourth-order valence-corrected chi connectivity index (χ4v) is 3.75. The van der Waals surface area contributed by atoms with Gasteiger partial charge in [0.15, 0.2) is 0 Å². The number of benzene rings is 3.